The molecule has 0 aromatic rings. The standard InChI is InChI=1S/C11H24N2O/c1-2-12-7-9-13-8-4-3-5-11(13)6-10-14/h11-12,14H,2-10H2,1H3. The van der Waals surface area contributed by atoms with Gasteiger partial charge in [-0.25, -0.2) is 0 Å². The Labute approximate surface area is 87.5 Å². The summed E-state index contributed by atoms with van der Waals surface area (Å²) < 4.78 is 0. The summed E-state index contributed by atoms with van der Waals surface area (Å²) in [6, 6.07) is 0.632. The summed E-state index contributed by atoms with van der Waals surface area (Å²) in [5, 5.41) is 12.3. The molecule has 1 atom stereocenters. The van der Waals surface area contributed by atoms with Crippen molar-refractivity contribution in [3.63, 3.8) is 0 Å². The fourth-order valence-electron chi connectivity index (χ4n) is 2.23. The van der Waals surface area contributed by atoms with E-state index >= 15 is 0 Å². The van der Waals surface area contributed by atoms with Gasteiger partial charge in [-0.2, -0.15) is 0 Å². The van der Waals surface area contributed by atoms with Gasteiger partial charge in [0, 0.05) is 25.7 Å². The highest BCUT2D eigenvalue weighted by Crippen LogP contribution is 2.18. The Morgan fingerprint density at radius 2 is 2.29 bits per heavy atom. The van der Waals surface area contributed by atoms with Crippen molar-refractivity contribution in [1.29, 1.82) is 0 Å². The van der Waals surface area contributed by atoms with E-state index in [1.54, 1.807) is 0 Å². The Balaban J connectivity index is 2.22. The zero-order chi connectivity index (χ0) is 10.2. The first-order valence-corrected chi connectivity index (χ1v) is 5.94. The maximum Gasteiger partial charge on any atom is 0.0445 e. The molecule has 0 spiro atoms. The molecule has 1 aliphatic rings. The fourth-order valence-corrected chi connectivity index (χ4v) is 2.23. The molecular weight excluding hydrogens is 176 g/mol. The zero-order valence-electron chi connectivity index (χ0n) is 9.34. The molecular formula is C11H24N2O. The number of rotatable bonds is 6. The molecule has 1 aliphatic heterocycles. The van der Waals surface area contributed by atoms with Gasteiger partial charge in [0.25, 0.3) is 0 Å². The molecule has 1 unspecified atom stereocenters. The monoisotopic (exact) mass is 200 g/mol. The number of aliphatic hydroxyl groups is 1. The summed E-state index contributed by atoms with van der Waals surface area (Å²) in [6.45, 7) is 6.97. The lowest BCUT2D eigenvalue weighted by atomic mass is 10.00. The summed E-state index contributed by atoms with van der Waals surface area (Å²) in [4.78, 5) is 2.53. The molecule has 14 heavy (non-hydrogen) atoms. The Morgan fingerprint density at radius 3 is 3.00 bits per heavy atom. The molecule has 0 amide bonds. The first-order valence-electron chi connectivity index (χ1n) is 5.94. The number of hydrogen-bond acceptors (Lipinski definition) is 3. The lowest BCUT2D eigenvalue weighted by Crippen LogP contribution is -2.43. The third kappa shape index (κ3) is 3.95. The lowest BCUT2D eigenvalue weighted by Gasteiger charge is -2.35. The topological polar surface area (TPSA) is 35.5 Å². The minimum atomic E-state index is 0.336. The number of piperidine rings is 1. The maximum absolute atomic E-state index is 8.97. The molecule has 0 aromatic carbocycles. The Morgan fingerprint density at radius 1 is 1.43 bits per heavy atom. The SMILES string of the molecule is CCNCCN1CCCCC1CCO. The smallest absolute Gasteiger partial charge is 0.0445 e. The van der Waals surface area contributed by atoms with Crippen LogP contribution >= 0.6 is 0 Å². The third-order valence-corrected chi connectivity index (χ3v) is 3.04. The largest absolute Gasteiger partial charge is 0.396 e. The maximum atomic E-state index is 8.97. The Bertz CT molecular complexity index is 139. The van der Waals surface area contributed by atoms with E-state index in [4.69, 9.17) is 5.11 Å². The summed E-state index contributed by atoms with van der Waals surface area (Å²) >= 11 is 0. The van der Waals surface area contributed by atoms with Gasteiger partial charge in [-0.1, -0.05) is 13.3 Å². The molecule has 1 saturated heterocycles. The quantitative estimate of drug-likeness (QED) is 0.624. The average Bonchev–Trinajstić information content (AvgIpc) is 2.21. The van der Waals surface area contributed by atoms with Crippen LogP contribution in [0.3, 0.4) is 0 Å². The molecule has 0 bridgehead atoms. The number of hydrogen-bond donors (Lipinski definition) is 2. The van der Waals surface area contributed by atoms with Crippen LogP contribution in [0.4, 0.5) is 0 Å². The predicted octanol–water partition coefficient (Wildman–Crippen LogP) is 0.833. The highest BCUT2D eigenvalue weighted by Gasteiger charge is 2.20. The number of likely N-dealkylation sites (N-methyl/N-ethyl adjacent to an activating group) is 1. The van der Waals surface area contributed by atoms with Crippen molar-refractivity contribution in [2.75, 3.05) is 32.8 Å². The van der Waals surface area contributed by atoms with Gasteiger partial charge in [0.15, 0.2) is 0 Å². The van der Waals surface area contributed by atoms with Crippen molar-refractivity contribution < 1.29 is 5.11 Å². The molecule has 0 saturated carbocycles. The molecule has 1 fully saturated rings. The fraction of sp³-hybridized carbons (Fsp3) is 1.00. The van der Waals surface area contributed by atoms with E-state index in [0.29, 0.717) is 12.6 Å². The second-order valence-corrected chi connectivity index (χ2v) is 4.05. The third-order valence-electron chi connectivity index (χ3n) is 3.04. The normalized spacial score (nSPS) is 24.0. The van der Waals surface area contributed by atoms with E-state index in [1.165, 1.54) is 25.8 Å². The average molecular weight is 200 g/mol. The van der Waals surface area contributed by atoms with Crippen molar-refractivity contribution in [2.45, 2.75) is 38.6 Å². The molecule has 84 valence electrons. The van der Waals surface area contributed by atoms with E-state index in [1.807, 2.05) is 0 Å². The van der Waals surface area contributed by atoms with Crippen molar-refractivity contribution in [1.82, 2.24) is 10.2 Å². The summed E-state index contributed by atoms with van der Waals surface area (Å²) in [7, 11) is 0. The number of aliphatic hydroxyl groups excluding tert-OH is 1. The summed E-state index contributed by atoms with van der Waals surface area (Å²) in [6.07, 6.45) is 4.88. The van der Waals surface area contributed by atoms with Crippen LogP contribution < -0.4 is 5.32 Å². The van der Waals surface area contributed by atoms with E-state index in [-0.39, 0.29) is 0 Å². The van der Waals surface area contributed by atoms with Gasteiger partial charge < -0.3 is 10.4 Å². The van der Waals surface area contributed by atoms with Gasteiger partial charge in [-0.05, 0) is 32.4 Å². The number of nitrogens with one attached hydrogen (secondary N) is 1. The van der Waals surface area contributed by atoms with Crippen LogP contribution in [0.25, 0.3) is 0 Å². The molecule has 2 N–H and O–H groups in total. The molecule has 0 radical (unpaired) electrons. The second-order valence-electron chi connectivity index (χ2n) is 4.05. The van der Waals surface area contributed by atoms with Crippen LogP contribution in [-0.2, 0) is 0 Å². The Kier molecular flexibility index (Phi) is 6.15. The van der Waals surface area contributed by atoms with E-state index < -0.39 is 0 Å². The van der Waals surface area contributed by atoms with Crippen molar-refractivity contribution >= 4 is 0 Å². The van der Waals surface area contributed by atoms with Gasteiger partial charge in [-0.3, -0.25) is 4.90 Å². The molecule has 1 heterocycles. The minimum Gasteiger partial charge on any atom is -0.396 e. The molecule has 1 rings (SSSR count). The van der Waals surface area contributed by atoms with Crippen molar-refractivity contribution in [3.05, 3.63) is 0 Å². The van der Waals surface area contributed by atoms with Gasteiger partial charge in [0.1, 0.15) is 0 Å². The second kappa shape index (κ2) is 7.21. The predicted molar refractivity (Wildman–Crippen MR) is 59.5 cm³/mol. The highest BCUT2D eigenvalue weighted by atomic mass is 16.3. The summed E-state index contributed by atoms with van der Waals surface area (Å²) in [5.74, 6) is 0. The van der Waals surface area contributed by atoms with Crippen LogP contribution in [0.15, 0.2) is 0 Å². The number of likely N-dealkylation sites (tertiary alicyclic amines) is 1. The molecule has 0 aliphatic carbocycles. The van der Waals surface area contributed by atoms with Crippen LogP contribution in [0.1, 0.15) is 32.6 Å². The van der Waals surface area contributed by atoms with Crippen LogP contribution in [-0.4, -0.2) is 48.8 Å². The van der Waals surface area contributed by atoms with Gasteiger partial charge >= 0.3 is 0 Å². The van der Waals surface area contributed by atoms with Gasteiger partial charge in [-0.15, -0.1) is 0 Å². The van der Waals surface area contributed by atoms with Crippen LogP contribution in [0.2, 0.25) is 0 Å². The van der Waals surface area contributed by atoms with E-state index in [9.17, 15) is 0 Å². The molecule has 3 heteroatoms. The highest BCUT2D eigenvalue weighted by molar-refractivity contribution is 4.76. The molecule has 3 nitrogen and oxygen atoms in total. The first-order chi connectivity index (χ1) is 6.88. The van der Waals surface area contributed by atoms with Gasteiger partial charge in [0.2, 0.25) is 0 Å². The summed E-state index contributed by atoms with van der Waals surface area (Å²) in [5.41, 5.74) is 0. The molecule has 0 aromatic heterocycles. The van der Waals surface area contributed by atoms with Crippen LogP contribution in [0.5, 0.6) is 0 Å². The van der Waals surface area contributed by atoms with Crippen molar-refractivity contribution in [3.8, 4) is 0 Å². The van der Waals surface area contributed by atoms with E-state index in [2.05, 4.69) is 17.1 Å². The lowest BCUT2D eigenvalue weighted by molar-refractivity contribution is 0.120. The van der Waals surface area contributed by atoms with Crippen LogP contribution in [0, 0.1) is 0 Å². The Hall–Kier alpha value is -0.120. The first kappa shape index (κ1) is 12.0. The minimum absolute atomic E-state index is 0.336. The van der Waals surface area contributed by atoms with Crippen molar-refractivity contribution in [2.24, 2.45) is 0 Å². The zero-order valence-corrected chi connectivity index (χ0v) is 9.34. The van der Waals surface area contributed by atoms with Gasteiger partial charge in [0.05, 0.1) is 0 Å². The number of nitrogens with zero attached hydrogens (tertiary/aromatic N) is 1. The van der Waals surface area contributed by atoms with E-state index in [0.717, 1.165) is 26.1 Å².